The largest absolute Gasteiger partial charge is 0.469 e. The maximum atomic E-state index is 12.7. The third-order valence-electron chi connectivity index (χ3n) is 7.20. The van der Waals surface area contributed by atoms with Crippen LogP contribution >= 0.6 is 7.82 Å². The van der Waals surface area contributed by atoms with Gasteiger partial charge in [0.2, 0.25) is 5.95 Å². The molecule has 1 fully saturated rings. The van der Waals surface area contributed by atoms with Crippen molar-refractivity contribution >= 4 is 30.9 Å². The van der Waals surface area contributed by atoms with Crippen LogP contribution < -0.4 is 11.3 Å². The number of anilines is 1. The summed E-state index contributed by atoms with van der Waals surface area (Å²) in [5.74, 6) is -0.739. The summed E-state index contributed by atoms with van der Waals surface area (Å²) in [6.45, 7) is 1.56. The number of nitrogens with zero attached hydrogens (tertiary/aromatic N) is 3. The van der Waals surface area contributed by atoms with Crippen LogP contribution in [0.5, 0.6) is 0 Å². The number of H-pyrrole nitrogens is 1. The van der Waals surface area contributed by atoms with Crippen molar-refractivity contribution < 1.29 is 38.3 Å². The highest BCUT2D eigenvalue weighted by molar-refractivity contribution is 7.46. The molecule has 14 nitrogen and oxygen atoms in total. The van der Waals surface area contributed by atoms with Crippen molar-refractivity contribution in [1.29, 1.82) is 0 Å². The minimum atomic E-state index is -4.85. The second-order valence-electron chi connectivity index (χ2n) is 10.6. The van der Waals surface area contributed by atoms with Gasteiger partial charge >= 0.3 is 13.8 Å². The number of phosphoric ester groups is 1. The highest BCUT2D eigenvalue weighted by Gasteiger charge is 2.48. The van der Waals surface area contributed by atoms with Crippen molar-refractivity contribution in [3.05, 3.63) is 16.7 Å². The van der Waals surface area contributed by atoms with Crippen LogP contribution in [-0.4, -0.2) is 65.3 Å². The SMILES string of the molecule is CCCCCCCCCCCCCCCC(=O)O[C@@H]1[C@H](O)[C@@H](COP(=O)(O)O)O[C@H]1n1cnc2c(=O)[nH]c(N)nc21. The number of nitrogen functional groups attached to an aromatic ring is 1. The molecule has 1 aliphatic heterocycles. The first kappa shape index (κ1) is 33.2. The highest BCUT2D eigenvalue weighted by Crippen LogP contribution is 2.39. The fourth-order valence-corrected chi connectivity index (χ4v) is 5.35. The van der Waals surface area contributed by atoms with Gasteiger partial charge < -0.3 is 30.1 Å². The van der Waals surface area contributed by atoms with E-state index in [-0.39, 0.29) is 23.5 Å². The Labute approximate surface area is 239 Å². The number of aliphatic hydroxyl groups is 1. The van der Waals surface area contributed by atoms with Crippen LogP contribution in [0.2, 0.25) is 0 Å². The molecule has 41 heavy (non-hydrogen) atoms. The zero-order valence-corrected chi connectivity index (χ0v) is 24.5. The molecule has 0 bridgehead atoms. The standard InChI is InChI=1S/C26H44N5O9P/c1-2-3-4-5-6-7-8-9-10-11-12-13-14-15-19(32)40-22-21(33)18(16-38-41(35,36)37)39-25(22)31-17-28-20-23(31)29-26(27)30-24(20)34/h17-18,21-22,25,33H,2-16H2,1H3,(H2,35,36,37)(H3,27,29,30,34)/t18-,21-,22-,25-/m1/s1. The molecule has 0 aromatic carbocycles. The molecule has 1 saturated heterocycles. The van der Waals surface area contributed by atoms with E-state index in [0.717, 1.165) is 19.3 Å². The van der Waals surface area contributed by atoms with Gasteiger partial charge in [0.05, 0.1) is 12.9 Å². The summed E-state index contributed by atoms with van der Waals surface area (Å²) < 4.78 is 28.3. The summed E-state index contributed by atoms with van der Waals surface area (Å²) in [6, 6.07) is 0. The zero-order valence-electron chi connectivity index (χ0n) is 23.7. The number of nitrogens with two attached hydrogens (primary N) is 1. The van der Waals surface area contributed by atoms with Gasteiger partial charge in [0.15, 0.2) is 23.5 Å². The van der Waals surface area contributed by atoms with Crippen molar-refractivity contribution in [3.8, 4) is 0 Å². The number of rotatable bonds is 19. The number of phosphoric acid groups is 1. The molecule has 232 valence electrons. The monoisotopic (exact) mass is 601 g/mol. The molecule has 15 heteroatoms. The first-order chi connectivity index (χ1) is 19.6. The minimum absolute atomic E-state index is 0.0255. The number of ether oxygens (including phenoxy) is 2. The van der Waals surface area contributed by atoms with Crippen LogP contribution in [-0.2, 0) is 23.4 Å². The smallest absolute Gasteiger partial charge is 0.455 e. The van der Waals surface area contributed by atoms with Crippen molar-refractivity contribution in [1.82, 2.24) is 19.5 Å². The van der Waals surface area contributed by atoms with Crippen LogP contribution in [0.25, 0.3) is 11.2 Å². The highest BCUT2D eigenvalue weighted by atomic mass is 31.2. The maximum Gasteiger partial charge on any atom is 0.469 e. The van der Waals surface area contributed by atoms with Crippen LogP contribution in [0.1, 0.15) is 103 Å². The lowest BCUT2D eigenvalue weighted by Gasteiger charge is -2.22. The Morgan fingerprint density at radius 3 is 2.24 bits per heavy atom. The lowest BCUT2D eigenvalue weighted by Crippen LogP contribution is -2.37. The zero-order chi connectivity index (χ0) is 29.8. The molecular weight excluding hydrogens is 557 g/mol. The number of esters is 1. The van der Waals surface area contributed by atoms with Crippen LogP contribution in [0.4, 0.5) is 5.95 Å². The molecule has 0 unspecified atom stereocenters. The summed E-state index contributed by atoms with van der Waals surface area (Å²) in [5.41, 5.74) is 5.05. The molecule has 0 amide bonds. The van der Waals surface area contributed by atoms with Crippen molar-refractivity contribution in [2.45, 2.75) is 121 Å². The number of unbranched alkanes of at least 4 members (excludes halogenated alkanes) is 12. The number of aliphatic hydroxyl groups excluding tert-OH is 1. The van der Waals surface area contributed by atoms with Gasteiger partial charge in [-0.15, -0.1) is 0 Å². The van der Waals surface area contributed by atoms with Gasteiger partial charge in [-0.05, 0) is 6.42 Å². The van der Waals surface area contributed by atoms with Crippen molar-refractivity contribution in [3.63, 3.8) is 0 Å². The van der Waals surface area contributed by atoms with Crippen molar-refractivity contribution in [2.24, 2.45) is 0 Å². The van der Waals surface area contributed by atoms with E-state index in [2.05, 4.69) is 26.4 Å². The number of carbonyl (C=O) groups is 1. The van der Waals surface area contributed by atoms with E-state index < -0.39 is 50.5 Å². The molecule has 6 N–H and O–H groups in total. The molecule has 1 aliphatic rings. The fourth-order valence-electron chi connectivity index (χ4n) is 5.00. The summed E-state index contributed by atoms with van der Waals surface area (Å²) in [4.78, 5) is 53.4. The Hall–Kier alpha value is -2.35. The minimum Gasteiger partial charge on any atom is -0.455 e. The van der Waals surface area contributed by atoms with Gasteiger partial charge in [-0.1, -0.05) is 84.0 Å². The predicted octanol–water partition coefficient (Wildman–Crippen LogP) is 3.46. The molecule has 0 aliphatic carbocycles. The van der Waals surface area contributed by atoms with Crippen LogP contribution in [0, 0.1) is 0 Å². The van der Waals surface area contributed by atoms with Crippen molar-refractivity contribution in [2.75, 3.05) is 12.3 Å². The number of aromatic amines is 1. The van der Waals surface area contributed by atoms with Gasteiger partial charge in [-0.25, -0.2) is 9.55 Å². The van der Waals surface area contributed by atoms with Gasteiger partial charge in [-0.3, -0.25) is 23.7 Å². The second kappa shape index (κ2) is 16.3. The lowest BCUT2D eigenvalue weighted by atomic mass is 10.0. The lowest BCUT2D eigenvalue weighted by molar-refractivity contribution is -0.158. The van der Waals surface area contributed by atoms with E-state index in [1.807, 2.05) is 0 Å². The number of imidazole rings is 1. The summed E-state index contributed by atoms with van der Waals surface area (Å²) in [5, 5.41) is 10.8. The number of hydrogen-bond donors (Lipinski definition) is 5. The van der Waals surface area contributed by atoms with E-state index >= 15 is 0 Å². The van der Waals surface area contributed by atoms with E-state index in [1.54, 1.807) is 0 Å². The predicted molar refractivity (Wildman–Crippen MR) is 151 cm³/mol. The second-order valence-corrected chi connectivity index (χ2v) is 11.8. The number of hydrogen-bond acceptors (Lipinski definition) is 10. The Morgan fingerprint density at radius 1 is 1.07 bits per heavy atom. The number of aromatic nitrogens is 4. The van der Waals surface area contributed by atoms with Gasteiger partial charge in [0, 0.05) is 6.42 Å². The third kappa shape index (κ3) is 10.5. The first-order valence-corrected chi connectivity index (χ1v) is 16.1. The van der Waals surface area contributed by atoms with E-state index in [4.69, 9.17) is 25.0 Å². The molecule has 3 rings (SSSR count). The van der Waals surface area contributed by atoms with Crippen LogP contribution in [0.15, 0.2) is 11.1 Å². The Morgan fingerprint density at radius 2 is 1.66 bits per heavy atom. The van der Waals surface area contributed by atoms with Gasteiger partial charge in [0.1, 0.15) is 12.2 Å². The molecule has 0 spiro atoms. The Balaban J connectivity index is 1.49. The Bertz CT molecular complexity index is 1200. The molecular formula is C26H44N5O9P. The normalized spacial score (nSPS) is 21.1. The number of carbonyl (C=O) groups excluding carboxylic acids is 1. The topological polar surface area (TPSA) is 212 Å². The first-order valence-electron chi connectivity index (χ1n) is 14.6. The summed E-state index contributed by atoms with van der Waals surface area (Å²) in [7, 11) is -4.85. The maximum absolute atomic E-state index is 12.7. The molecule has 4 atom stereocenters. The van der Waals surface area contributed by atoms with Gasteiger partial charge in [-0.2, -0.15) is 4.98 Å². The number of fused-ring (bicyclic) bond motifs is 1. The molecule has 2 aromatic heterocycles. The van der Waals surface area contributed by atoms with E-state index in [9.17, 15) is 19.3 Å². The number of nitrogens with one attached hydrogen (secondary N) is 1. The van der Waals surface area contributed by atoms with Crippen LogP contribution in [0.3, 0.4) is 0 Å². The molecule has 2 aromatic rings. The van der Waals surface area contributed by atoms with Gasteiger partial charge in [0.25, 0.3) is 5.56 Å². The average Bonchev–Trinajstić information content (AvgIpc) is 3.46. The quantitative estimate of drug-likeness (QED) is 0.0890. The average molecular weight is 602 g/mol. The molecule has 0 saturated carbocycles. The third-order valence-corrected chi connectivity index (χ3v) is 7.68. The van der Waals surface area contributed by atoms with E-state index in [1.165, 1.54) is 68.7 Å². The fraction of sp³-hybridized carbons (Fsp3) is 0.769. The summed E-state index contributed by atoms with van der Waals surface area (Å²) >= 11 is 0. The van der Waals surface area contributed by atoms with E-state index in [0.29, 0.717) is 6.42 Å². The summed E-state index contributed by atoms with van der Waals surface area (Å²) in [6.07, 6.45) is 11.3. The molecule has 0 radical (unpaired) electrons. The molecule has 3 heterocycles. The Kier molecular flexibility index (Phi) is 13.2.